The lowest BCUT2D eigenvalue weighted by atomic mass is 10.2. The standard InChI is InChI=1S/C18H20N2O/c1-2-21-17-11-7-6-10-16(17)14-20-18(19)13-12-15-8-4-3-5-9-15/h3-13H,2,14H2,1H3,(H2,19,20). The van der Waals surface area contributed by atoms with Crippen molar-refractivity contribution in [2.24, 2.45) is 10.7 Å². The molecule has 0 aliphatic heterocycles. The fraction of sp³-hybridized carbons (Fsp3) is 0.167. The first-order valence-electron chi connectivity index (χ1n) is 7.03. The molecule has 0 bridgehead atoms. The van der Waals surface area contributed by atoms with E-state index in [0.717, 1.165) is 16.9 Å². The molecule has 0 saturated carbocycles. The molecule has 0 fully saturated rings. The molecule has 0 radical (unpaired) electrons. The Kier molecular flexibility index (Phi) is 5.59. The van der Waals surface area contributed by atoms with Crippen molar-refractivity contribution in [1.29, 1.82) is 0 Å². The lowest BCUT2D eigenvalue weighted by molar-refractivity contribution is 0.336. The SMILES string of the molecule is CCOc1ccccc1CN=C(N)C=Cc1ccccc1. The Balaban J connectivity index is 2.02. The van der Waals surface area contributed by atoms with Gasteiger partial charge in [-0.3, -0.25) is 4.99 Å². The van der Waals surface area contributed by atoms with E-state index in [2.05, 4.69) is 4.99 Å². The number of hydrogen-bond acceptors (Lipinski definition) is 2. The van der Waals surface area contributed by atoms with Gasteiger partial charge in [0.15, 0.2) is 0 Å². The highest BCUT2D eigenvalue weighted by atomic mass is 16.5. The van der Waals surface area contributed by atoms with Crippen LogP contribution in [0, 0.1) is 0 Å². The largest absolute Gasteiger partial charge is 0.494 e. The molecule has 0 amide bonds. The van der Waals surface area contributed by atoms with Crippen molar-refractivity contribution in [3.63, 3.8) is 0 Å². The number of rotatable bonds is 6. The van der Waals surface area contributed by atoms with Crippen LogP contribution in [0.5, 0.6) is 5.75 Å². The van der Waals surface area contributed by atoms with Crippen LogP contribution < -0.4 is 10.5 Å². The summed E-state index contributed by atoms with van der Waals surface area (Å²) in [6.07, 6.45) is 3.77. The van der Waals surface area contributed by atoms with E-state index in [1.165, 1.54) is 0 Å². The summed E-state index contributed by atoms with van der Waals surface area (Å²) in [5.74, 6) is 1.37. The number of benzene rings is 2. The zero-order valence-corrected chi connectivity index (χ0v) is 12.2. The van der Waals surface area contributed by atoms with Gasteiger partial charge in [0, 0.05) is 5.56 Å². The van der Waals surface area contributed by atoms with E-state index >= 15 is 0 Å². The number of aliphatic imine (C=N–C) groups is 1. The minimum Gasteiger partial charge on any atom is -0.494 e. The van der Waals surface area contributed by atoms with Crippen LogP contribution >= 0.6 is 0 Å². The van der Waals surface area contributed by atoms with E-state index in [1.54, 1.807) is 0 Å². The van der Waals surface area contributed by atoms with Crippen LogP contribution in [0.4, 0.5) is 0 Å². The highest BCUT2D eigenvalue weighted by molar-refractivity contribution is 5.95. The van der Waals surface area contributed by atoms with Crippen LogP contribution in [0.1, 0.15) is 18.1 Å². The average molecular weight is 280 g/mol. The maximum atomic E-state index is 5.92. The number of amidine groups is 1. The third-order valence-corrected chi connectivity index (χ3v) is 2.95. The molecule has 2 rings (SSSR count). The first kappa shape index (κ1) is 14.9. The van der Waals surface area contributed by atoms with Crippen molar-refractivity contribution in [3.8, 4) is 5.75 Å². The molecule has 21 heavy (non-hydrogen) atoms. The van der Waals surface area contributed by atoms with Gasteiger partial charge in [0.25, 0.3) is 0 Å². The zero-order chi connectivity index (χ0) is 14.9. The minimum atomic E-state index is 0.505. The van der Waals surface area contributed by atoms with Gasteiger partial charge in [-0.25, -0.2) is 0 Å². The summed E-state index contributed by atoms with van der Waals surface area (Å²) >= 11 is 0. The van der Waals surface area contributed by atoms with Gasteiger partial charge >= 0.3 is 0 Å². The molecule has 0 aromatic heterocycles. The van der Waals surface area contributed by atoms with Gasteiger partial charge in [-0.15, -0.1) is 0 Å². The molecule has 0 aliphatic carbocycles. The number of nitrogens with zero attached hydrogens (tertiary/aromatic N) is 1. The molecular weight excluding hydrogens is 260 g/mol. The molecule has 0 atom stereocenters. The van der Waals surface area contributed by atoms with Gasteiger partial charge < -0.3 is 10.5 Å². The second-order valence-electron chi connectivity index (χ2n) is 4.53. The molecule has 0 spiro atoms. The summed E-state index contributed by atoms with van der Waals surface area (Å²) in [5.41, 5.74) is 8.06. The van der Waals surface area contributed by atoms with Gasteiger partial charge in [0.05, 0.1) is 13.2 Å². The Morgan fingerprint density at radius 3 is 2.57 bits per heavy atom. The van der Waals surface area contributed by atoms with Gasteiger partial charge in [0.2, 0.25) is 0 Å². The molecule has 2 N–H and O–H groups in total. The summed E-state index contributed by atoms with van der Waals surface area (Å²) in [6.45, 7) is 3.13. The monoisotopic (exact) mass is 280 g/mol. The van der Waals surface area contributed by atoms with E-state index in [-0.39, 0.29) is 0 Å². The number of hydrogen-bond donors (Lipinski definition) is 1. The van der Waals surface area contributed by atoms with E-state index in [4.69, 9.17) is 10.5 Å². The van der Waals surface area contributed by atoms with Crippen LogP contribution in [0.2, 0.25) is 0 Å². The number of para-hydroxylation sites is 1. The molecule has 108 valence electrons. The maximum absolute atomic E-state index is 5.92. The minimum absolute atomic E-state index is 0.505. The normalized spacial score (nSPS) is 11.8. The fourth-order valence-corrected chi connectivity index (χ4v) is 1.91. The van der Waals surface area contributed by atoms with E-state index in [1.807, 2.05) is 73.7 Å². The maximum Gasteiger partial charge on any atom is 0.124 e. The zero-order valence-electron chi connectivity index (χ0n) is 12.2. The fourth-order valence-electron chi connectivity index (χ4n) is 1.91. The lowest BCUT2D eigenvalue weighted by Crippen LogP contribution is -2.08. The summed E-state index contributed by atoms with van der Waals surface area (Å²) in [5, 5.41) is 0. The average Bonchev–Trinajstić information content (AvgIpc) is 2.53. The smallest absolute Gasteiger partial charge is 0.124 e. The van der Waals surface area contributed by atoms with Crippen molar-refractivity contribution >= 4 is 11.9 Å². The molecule has 0 unspecified atom stereocenters. The van der Waals surface area contributed by atoms with Crippen LogP contribution in [-0.4, -0.2) is 12.4 Å². The number of nitrogens with two attached hydrogens (primary N) is 1. The Labute approximate surface area is 125 Å². The van der Waals surface area contributed by atoms with Crippen molar-refractivity contribution in [2.75, 3.05) is 6.61 Å². The molecule has 2 aromatic carbocycles. The summed E-state index contributed by atoms with van der Waals surface area (Å²) in [4.78, 5) is 4.38. The van der Waals surface area contributed by atoms with Crippen molar-refractivity contribution in [2.45, 2.75) is 13.5 Å². The summed E-state index contributed by atoms with van der Waals surface area (Å²) in [6, 6.07) is 17.9. The highest BCUT2D eigenvalue weighted by Crippen LogP contribution is 2.18. The predicted octanol–water partition coefficient (Wildman–Crippen LogP) is 3.66. The van der Waals surface area contributed by atoms with Gasteiger partial charge in [-0.05, 0) is 24.6 Å². The van der Waals surface area contributed by atoms with Crippen molar-refractivity contribution < 1.29 is 4.74 Å². The van der Waals surface area contributed by atoms with Gasteiger partial charge in [-0.2, -0.15) is 0 Å². The van der Waals surface area contributed by atoms with Gasteiger partial charge in [-0.1, -0.05) is 54.6 Å². The van der Waals surface area contributed by atoms with E-state index < -0.39 is 0 Å². The third-order valence-electron chi connectivity index (χ3n) is 2.95. The third kappa shape index (κ3) is 4.80. The van der Waals surface area contributed by atoms with Crippen LogP contribution in [0.15, 0.2) is 65.7 Å². The first-order valence-corrected chi connectivity index (χ1v) is 7.03. The van der Waals surface area contributed by atoms with Crippen molar-refractivity contribution in [1.82, 2.24) is 0 Å². The Bertz CT molecular complexity index is 618. The van der Waals surface area contributed by atoms with Crippen molar-refractivity contribution in [3.05, 3.63) is 71.8 Å². The Morgan fingerprint density at radius 1 is 1.10 bits per heavy atom. The second-order valence-corrected chi connectivity index (χ2v) is 4.53. The molecule has 2 aromatic rings. The lowest BCUT2D eigenvalue weighted by Gasteiger charge is -2.07. The van der Waals surface area contributed by atoms with E-state index in [9.17, 15) is 0 Å². The molecular formula is C18H20N2O. The Hall–Kier alpha value is -2.55. The predicted molar refractivity (Wildman–Crippen MR) is 88.4 cm³/mol. The molecule has 3 nitrogen and oxygen atoms in total. The summed E-state index contributed by atoms with van der Waals surface area (Å²) < 4.78 is 5.57. The molecule has 0 aliphatic rings. The van der Waals surface area contributed by atoms with Gasteiger partial charge in [0.1, 0.15) is 11.6 Å². The second kappa shape index (κ2) is 7.90. The number of ether oxygens (including phenoxy) is 1. The van der Waals surface area contributed by atoms with Crippen LogP contribution in [0.25, 0.3) is 6.08 Å². The van der Waals surface area contributed by atoms with Crippen LogP contribution in [-0.2, 0) is 6.54 Å². The van der Waals surface area contributed by atoms with Crippen LogP contribution in [0.3, 0.4) is 0 Å². The molecule has 3 heteroatoms. The summed E-state index contributed by atoms with van der Waals surface area (Å²) in [7, 11) is 0. The van der Waals surface area contributed by atoms with E-state index in [0.29, 0.717) is 19.0 Å². The first-order chi connectivity index (χ1) is 10.3. The Morgan fingerprint density at radius 2 is 1.81 bits per heavy atom. The topological polar surface area (TPSA) is 47.6 Å². The quantitative estimate of drug-likeness (QED) is 0.648. The molecule has 0 saturated heterocycles. The highest BCUT2D eigenvalue weighted by Gasteiger charge is 2.00. The molecule has 0 heterocycles.